The fourth-order valence-electron chi connectivity index (χ4n) is 3.49. The molecule has 0 N–H and O–H groups in total. The number of pyridine rings is 2. The van der Waals surface area contributed by atoms with Gasteiger partial charge in [-0.3, -0.25) is 14.7 Å². The lowest BCUT2D eigenvalue weighted by atomic mass is 10.2. The quantitative estimate of drug-likeness (QED) is 0.644. The van der Waals surface area contributed by atoms with E-state index in [9.17, 15) is 4.79 Å². The van der Waals surface area contributed by atoms with Crippen molar-refractivity contribution in [2.75, 3.05) is 26.2 Å². The van der Waals surface area contributed by atoms with Gasteiger partial charge in [0.15, 0.2) is 0 Å². The number of hydrogen-bond donors (Lipinski definition) is 0. The van der Waals surface area contributed by atoms with E-state index in [-0.39, 0.29) is 5.91 Å². The van der Waals surface area contributed by atoms with Crippen molar-refractivity contribution in [1.29, 1.82) is 0 Å². The zero-order chi connectivity index (χ0) is 19.9. The molecular weight excluding hydrogens is 380 g/mol. The fraction of sp³-hybridized carbons (Fsp3) is 0.261. The van der Waals surface area contributed by atoms with Crippen molar-refractivity contribution < 1.29 is 4.79 Å². The van der Waals surface area contributed by atoms with Crippen LogP contribution in [0.25, 0.3) is 0 Å². The van der Waals surface area contributed by atoms with Crippen molar-refractivity contribution in [2.45, 2.75) is 22.9 Å². The summed E-state index contributed by atoms with van der Waals surface area (Å²) in [5, 5.41) is 0.764. The van der Waals surface area contributed by atoms with E-state index in [1.807, 2.05) is 59.6 Å². The molecule has 0 aliphatic carbocycles. The highest BCUT2D eigenvalue weighted by atomic mass is 32.2. The van der Waals surface area contributed by atoms with Gasteiger partial charge >= 0.3 is 0 Å². The highest BCUT2D eigenvalue weighted by Crippen LogP contribution is 2.29. The van der Waals surface area contributed by atoms with Crippen LogP contribution in [0.15, 0.2) is 83.1 Å². The standard InChI is InChI=1S/C23H24N4OS/c28-23(21-10-5-12-25-22(21)29-20-8-2-1-3-9-20)27-14-6-13-26(15-16-27)18-19-7-4-11-24-17-19/h1-5,7-12,17H,6,13-16,18H2. The molecule has 0 spiro atoms. The van der Waals surface area contributed by atoms with Crippen LogP contribution in [-0.4, -0.2) is 51.9 Å². The summed E-state index contributed by atoms with van der Waals surface area (Å²) in [5.41, 5.74) is 1.89. The molecule has 1 saturated heterocycles. The number of hydrogen-bond acceptors (Lipinski definition) is 5. The van der Waals surface area contributed by atoms with Gasteiger partial charge < -0.3 is 4.90 Å². The molecule has 6 heteroatoms. The first-order chi connectivity index (χ1) is 14.3. The summed E-state index contributed by atoms with van der Waals surface area (Å²) < 4.78 is 0. The molecule has 1 amide bonds. The van der Waals surface area contributed by atoms with Crippen molar-refractivity contribution in [1.82, 2.24) is 19.8 Å². The van der Waals surface area contributed by atoms with E-state index >= 15 is 0 Å². The molecular formula is C23H24N4OS. The van der Waals surface area contributed by atoms with Crippen LogP contribution in [0.5, 0.6) is 0 Å². The summed E-state index contributed by atoms with van der Waals surface area (Å²) >= 11 is 1.54. The Morgan fingerprint density at radius 3 is 2.62 bits per heavy atom. The van der Waals surface area contributed by atoms with Crippen molar-refractivity contribution in [3.63, 3.8) is 0 Å². The number of rotatable bonds is 5. The maximum absolute atomic E-state index is 13.3. The molecule has 1 fully saturated rings. The molecule has 1 aliphatic heterocycles. The van der Waals surface area contributed by atoms with Crippen molar-refractivity contribution in [3.8, 4) is 0 Å². The highest BCUT2D eigenvalue weighted by molar-refractivity contribution is 7.99. The van der Waals surface area contributed by atoms with Gasteiger partial charge in [-0.25, -0.2) is 4.98 Å². The molecule has 0 radical (unpaired) electrons. The minimum absolute atomic E-state index is 0.0692. The average Bonchev–Trinajstić information content (AvgIpc) is 3.01. The van der Waals surface area contributed by atoms with Gasteiger partial charge in [0.25, 0.3) is 5.91 Å². The Morgan fingerprint density at radius 1 is 0.931 bits per heavy atom. The van der Waals surface area contributed by atoms with Gasteiger partial charge in [0.1, 0.15) is 5.03 Å². The normalized spacial score (nSPS) is 15.1. The van der Waals surface area contributed by atoms with Crippen LogP contribution < -0.4 is 0 Å². The minimum atomic E-state index is 0.0692. The zero-order valence-corrected chi connectivity index (χ0v) is 17.1. The molecule has 3 heterocycles. The van der Waals surface area contributed by atoms with E-state index in [1.54, 1.807) is 12.4 Å². The molecule has 148 valence electrons. The molecule has 0 atom stereocenters. The van der Waals surface area contributed by atoms with E-state index in [4.69, 9.17) is 0 Å². The lowest BCUT2D eigenvalue weighted by molar-refractivity contribution is 0.0757. The van der Waals surface area contributed by atoms with Crippen LogP contribution in [0.2, 0.25) is 0 Å². The van der Waals surface area contributed by atoms with E-state index < -0.39 is 0 Å². The smallest absolute Gasteiger partial charge is 0.256 e. The van der Waals surface area contributed by atoms with E-state index in [2.05, 4.69) is 20.9 Å². The summed E-state index contributed by atoms with van der Waals surface area (Å²) in [7, 11) is 0. The van der Waals surface area contributed by atoms with Gasteiger partial charge in [-0.15, -0.1) is 0 Å². The summed E-state index contributed by atoms with van der Waals surface area (Å²) in [6, 6.07) is 17.9. The van der Waals surface area contributed by atoms with Gasteiger partial charge in [0.05, 0.1) is 5.56 Å². The zero-order valence-electron chi connectivity index (χ0n) is 16.3. The number of carbonyl (C=O) groups excluding carboxylic acids is 1. The monoisotopic (exact) mass is 404 g/mol. The van der Waals surface area contributed by atoms with Gasteiger partial charge in [0.2, 0.25) is 0 Å². The fourth-order valence-corrected chi connectivity index (χ4v) is 4.38. The van der Waals surface area contributed by atoms with E-state index in [0.29, 0.717) is 5.56 Å². The molecule has 5 nitrogen and oxygen atoms in total. The third-order valence-electron chi connectivity index (χ3n) is 4.96. The SMILES string of the molecule is O=C(c1cccnc1Sc1ccccc1)N1CCCN(Cc2cccnc2)CC1. The molecule has 4 rings (SSSR count). The Labute approximate surface area is 175 Å². The maximum Gasteiger partial charge on any atom is 0.256 e. The maximum atomic E-state index is 13.3. The lowest BCUT2D eigenvalue weighted by Gasteiger charge is -2.22. The molecule has 0 unspecified atom stereocenters. The number of carbonyl (C=O) groups is 1. The first-order valence-corrected chi connectivity index (χ1v) is 10.7. The molecule has 0 saturated carbocycles. The topological polar surface area (TPSA) is 49.3 Å². The Bertz CT molecular complexity index is 936. The molecule has 1 aliphatic rings. The van der Waals surface area contributed by atoms with Crippen LogP contribution >= 0.6 is 11.8 Å². The molecule has 0 bridgehead atoms. The van der Waals surface area contributed by atoms with Crippen molar-refractivity contribution in [3.05, 3.63) is 84.3 Å². The van der Waals surface area contributed by atoms with Crippen LogP contribution in [0.3, 0.4) is 0 Å². The molecule has 3 aromatic rings. The second kappa shape index (κ2) is 9.67. The number of aromatic nitrogens is 2. The van der Waals surface area contributed by atoms with Crippen molar-refractivity contribution >= 4 is 17.7 Å². The second-order valence-electron chi connectivity index (χ2n) is 7.05. The Morgan fingerprint density at radius 2 is 1.79 bits per heavy atom. The number of benzene rings is 1. The number of nitrogens with zero attached hydrogens (tertiary/aromatic N) is 4. The van der Waals surface area contributed by atoms with Crippen LogP contribution in [0.4, 0.5) is 0 Å². The summed E-state index contributed by atoms with van der Waals surface area (Å²) in [4.78, 5) is 27.4. The third kappa shape index (κ3) is 5.22. The summed E-state index contributed by atoms with van der Waals surface area (Å²) in [6.07, 6.45) is 6.43. The van der Waals surface area contributed by atoms with Crippen LogP contribution in [0, 0.1) is 0 Å². The molecule has 29 heavy (non-hydrogen) atoms. The first-order valence-electron chi connectivity index (χ1n) is 9.88. The van der Waals surface area contributed by atoms with Gasteiger partial charge in [-0.05, 0) is 42.3 Å². The van der Waals surface area contributed by atoms with Crippen LogP contribution in [-0.2, 0) is 6.54 Å². The predicted molar refractivity (Wildman–Crippen MR) is 115 cm³/mol. The Balaban J connectivity index is 1.43. The van der Waals surface area contributed by atoms with E-state index in [0.717, 1.165) is 49.1 Å². The Kier molecular flexibility index (Phi) is 6.54. The predicted octanol–water partition coefficient (Wildman–Crippen LogP) is 3.98. The summed E-state index contributed by atoms with van der Waals surface area (Å²) in [6.45, 7) is 4.22. The van der Waals surface area contributed by atoms with E-state index in [1.165, 1.54) is 17.3 Å². The van der Waals surface area contributed by atoms with Gasteiger partial charge in [0, 0.05) is 56.2 Å². The molecule has 1 aromatic carbocycles. The average molecular weight is 405 g/mol. The van der Waals surface area contributed by atoms with Gasteiger partial charge in [-0.2, -0.15) is 0 Å². The van der Waals surface area contributed by atoms with Crippen molar-refractivity contribution in [2.24, 2.45) is 0 Å². The second-order valence-corrected chi connectivity index (χ2v) is 8.12. The number of amides is 1. The van der Waals surface area contributed by atoms with Gasteiger partial charge in [-0.1, -0.05) is 36.0 Å². The highest BCUT2D eigenvalue weighted by Gasteiger charge is 2.23. The largest absolute Gasteiger partial charge is 0.337 e. The first kappa shape index (κ1) is 19.6. The minimum Gasteiger partial charge on any atom is -0.337 e. The summed E-state index contributed by atoms with van der Waals surface area (Å²) in [5.74, 6) is 0.0692. The lowest BCUT2D eigenvalue weighted by Crippen LogP contribution is -2.35. The molecule has 2 aromatic heterocycles. The van der Waals surface area contributed by atoms with Crippen LogP contribution in [0.1, 0.15) is 22.3 Å². The third-order valence-corrected chi connectivity index (χ3v) is 5.99. The Hall–Kier alpha value is -2.70.